The van der Waals surface area contributed by atoms with Crippen molar-refractivity contribution in [1.82, 2.24) is 0 Å². The van der Waals surface area contributed by atoms with E-state index < -0.39 is 0 Å². The number of halogens is 2. The lowest BCUT2D eigenvalue weighted by Gasteiger charge is -2.15. The Morgan fingerprint density at radius 3 is 2.65 bits per heavy atom. The maximum absolute atomic E-state index is 13.1. The standard InChI is InChI=1S/C12H19FN2O.ClH/c1-16-12-6-5-9(13)8-10(12)11(15)4-2-3-7-14;/h5-6,8,11H,2-4,7,14-15H2,1H3;1H/t11-;/m1./s1. The van der Waals surface area contributed by atoms with Gasteiger partial charge in [-0.25, -0.2) is 4.39 Å². The van der Waals surface area contributed by atoms with Crippen molar-refractivity contribution >= 4 is 12.4 Å². The average Bonchev–Trinajstić information content (AvgIpc) is 2.29. The molecule has 1 aromatic rings. The van der Waals surface area contributed by atoms with Crippen LogP contribution >= 0.6 is 12.4 Å². The van der Waals surface area contributed by atoms with Crippen molar-refractivity contribution in [2.24, 2.45) is 11.5 Å². The van der Waals surface area contributed by atoms with Crippen LogP contribution in [-0.2, 0) is 0 Å². The molecule has 4 N–H and O–H groups in total. The molecule has 0 amide bonds. The molecule has 0 spiro atoms. The van der Waals surface area contributed by atoms with Gasteiger partial charge in [-0.3, -0.25) is 0 Å². The summed E-state index contributed by atoms with van der Waals surface area (Å²) in [6.07, 6.45) is 2.67. The number of rotatable bonds is 6. The van der Waals surface area contributed by atoms with Crippen LogP contribution in [0.5, 0.6) is 5.75 Å². The molecule has 0 unspecified atom stereocenters. The average molecular weight is 263 g/mol. The molecule has 0 saturated carbocycles. The Bertz CT molecular complexity index is 336. The summed E-state index contributed by atoms with van der Waals surface area (Å²) in [5.41, 5.74) is 12.1. The molecule has 1 rings (SSSR count). The first-order valence-corrected chi connectivity index (χ1v) is 5.48. The SMILES string of the molecule is COc1ccc(F)cc1[C@H](N)CCCCN.Cl. The monoisotopic (exact) mass is 262 g/mol. The van der Waals surface area contributed by atoms with Crippen molar-refractivity contribution in [2.75, 3.05) is 13.7 Å². The van der Waals surface area contributed by atoms with E-state index in [0.29, 0.717) is 12.3 Å². The maximum Gasteiger partial charge on any atom is 0.123 e. The highest BCUT2D eigenvalue weighted by Gasteiger charge is 2.12. The molecule has 1 atom stereocenters. The zero-order valence-electron chi connectivity index (χ0n) is 9.99. The van der Waals surface area contributed by atoms with Crippen LogP contribution in [0.1, 0.15) is 30.9 Å². The zero-order chi connectivity index (χ0) is 12.0. The van der Waals surface area contributed by atoms with Crippen molar-refractivity contribution in [2.45, 2.75) is 25.3 Å². The Hall–Kier alpha value is -0.840. The Morgan fingerprint density at radius 2 is 2.06 bits per heavy atom. The van der Waals surface area contributed by atoms with Crippen LogP contribution in [0.25, 0.3) is 0 Å². The minimum absolute atomic E-state index is 0. The lowest BCUT2D eigenvalue weighted by molar-refractivity contribution is 0.401. The van der Waals surface area contributed by atoms with E-state index in [4.69, 9.17) is 16.2 Å². The predicted molar refractivity (Wildman–Crippen MR) is 70.0 cm³/mol. The highest BCUT2D eigenvalue weighted by molar-refractivity contribution is 5.85. The van der Waals surface area contributed by atoms with E-state index >= 15 is 0 Å². The Balaban J connectivity index is 0.00000256. The Kier molecular flexibility index (Phi) is 7.87. The third-order valence-corrected chi connectivity index (χ3v) is 2.56. The van der Waals surface area contributed by atoms with Gasteiger partial charge >= 0.3 is 0 Å². The van der Waals surface area contributed by atoms with Gasteiger partial charge in [-0.15, -0.1) is 12.4 Å². The Morgan fingerprint density at radius 1 is 1.35 bits per heavy atom. The molecule has 0 radical (unpaired) electrons. The summed E-state index contributed by atoms with van der Waals surface area (Å²) in [4.78, 5) is 0. The van der Waals surface area contributed by atoms with Crippen LogP contribution in [0, 0.1) is 5.82 Å². The molecule has 0 bridgehead atoms. The molecule has 0 aliphatic rings. The van der Waals surface area contributed by atoms with Crippen molar-refractivity contribution in [3.8, 4) is 5.75 Å². The first-order chi connectivity index (χ1) is 7.69. The highest BCUT2D eigenvalue weighted by atomic mass is 35.5. The van der Waals surface area contributed by atoms with Gasteiger partial charge < -0.3 is 16.2 Å². The molecule has 5 heteroatoms. The van der Waals surface area contributed by atoms with Gasteiger partial charge in [0.15, 0.2) is 0 Å². The van der Waals surface area contributed by atoms with Gasteiger partial charge in [0, 0.05) is 11.6 Å². The van der Waals surface area contributed by atoms with Gasteiger partial charge in [-0.05, 0) is 37.6 Å². The summed E-state index contributed by atoms with van der Waals surface area (Å²) in [6, 6.07) is 4.21. The van der Waals surface area contributed by atoms with Gasteiger partial charge in [-0.1, -0.05) is 6.42 Å². The first-order valence-electron chi connectivity index (χ1n) is 5.48. The van der Waals surface area contributed by atoms with E-state index in [0.717, 1.165) is 24.8 Å². The summed E-state index contributed by atoms with van der Waals surface area (Å²) in [6.45, 7) is 0.660. The number of methoxy groups -OCH3 is 1. The lowest BCUT2D eigenvalue weighted by atomic mass is 10.0. The second kappa shape index (κ2) is 8.28. The first kappa shape index (κ1) is 16.2. The molecule has 1 aromatic carbocycles. The molecule has 0 aliphatic carbocycles. The summed E-state index contributed by atoms with van der Waals surface area (Å²) in [5.74, 6) is 0.353. The second-order valence-corrected chi connectivity index (χ2v) is 3.78. The van der Waals surface area contributed by atoms with Crippen molar-refractivity contribution in [3.05, 3.63) is 29.6 Å². The smallest absolute Gasteiger partial charge is 0.123 e. The van der Waals surface area contributed by atoms with Gasteiger partial charge in [0.25, 0.3) is 0 Å². The predicted octanol–water partition coefficient (Wildman–Crippen LogP) is 2.38. The Labute approximate surface area is 108 Å². The number of benzene rings is 1. The fourth-order valence-electron chi connectivity index (χ4n) is 1.66. The van der Waals surface area contributed by atoms with Crippen LogP contribution < -0.4 is 16.2 Å². The van der Waals surface area contributed by atoms with Crippen LogP contribution in [0.3, 0.4) is 0 Å². The number of nitrogens with two attached hydrogens (primary N) is 2. The molecule has 0 aromatic heterocycles. The summed E-state index contributed by atoms with van der Waals surface area (Å²) in [7, 11) is 1.56. The van der Waals surface area contributed by atoms with Gasteiger partial charge in [0.2, 0.25) is 0 Å². The maximum atomic E-state index is 13.1. The number of hydrogen-bond acceptors (Lipinski definition) is 3. The molecule has 3 nitrogen and oxygen atoms in total. The lowest BCUT2D eigenvalue weighted by Crippen LogP contribution is -2.12. The minimum atomic E-state index is -0.287. The number of hydrogen-bond donors (Lipinski definition) is 2. The zero-order valence-corrected chi connectivity index (χ0v) is 10.8. The molecular formula is C12H20ClFN2O. The molecule has 17 heavy (non-hydrogen) atoms. The van der Waals surface area contributed by atoms with Crippen LogP contribution in [0.15, 0.2) is 18.2 Å². The van der Waals surface area contributed by atoms with Gasteiger partial charge in [0.1, 0.15) is 11.6 Å². The largest absolute Gasteiger partial charge is 0.496 e. The molecular weight excluding hydrogens is 243 g/mol. The van der Waals surface area contributed by atoms with Gasteiger partial charge in [-0.2, -0.15) is 0 Å². The summed E-state index contributed by atoms with van der Waals surface area (Å²) >= 11 is 0. The third kappa shape index (κ3) is 4.89. The quantitative estimate of drug-likeness (QED) is 0.774. The fourth-order valence-corrected chi connectivity index (χ4v) is 1.66. The second-order valence-electron chi connectivity index (χ2n) is 3.78. The topological polar surface area (TPSA) is 61.3 Å². The summed E-state index contributed by atoms with van der Waals surface area (Å²) < 4.78 is 18.3. The van der Waals surface area contributed by atoms with E-state index in [9.17, 15) is 4.39 Å². The van der Waals surface area contributed by atoms with Gasteiger partial charge in [0.05, 0.1) is 7.11 Å². The normalized spacial score (nSPS) is 11.8. The molecule has 0 fully saturated rings. The van der Waals surface area contributed by atoms with Crippen LogP contribution in [0.4, 0.5) is 4.39 Å². The minimum Gasteiger partial charge on any atom is -0.496 e. The van der Waals surface area contributed by atoms with Crippen molar-refractivity contribution in [1.29, 1.82) is 0 Å². The van der Waals surface area contributed by atoms with Crippen molar-refractivity contribution < 1.29 is 9.13 Å². The molecule has 0 saturated heterocycles. The number of ether oxygens (including phenoxy) is 1. The number of unbranched alkanes of at least 4 members (excludes halogenated alkanes) is 1. The molecule has 0 aliphatic heterocycles. The van der Waals surface area contributed by atoms with Crippen LogP contribution in [-0.4, -0.2) is 13.7 Å². The highest BCUT2D eigenvalue weighted by Crippen LogP contribution is 2.27. The summed E-state index contributed by atoms with van der Waals surface area (Å²) in [5, 5.41) is 0. The van der Waals surface area contributed by atoms with E-state index in [1.165, 1.54) is 12.1 Å². The van der Waals surface area contributed by atoms with Crippen LogP contribution in [0.2, 0.25) is 0 Å². The molecule has 0 heterocycles. The van der Waals surface area contributed by atoms with E-state index in [-0.39, 0.29) is 24.3 Å². The van der Waals surface area contributed by atoms with Crippen molar-refractivity contribution in [3.63, 3.8) is 0 Å². The molecule has 98 valence electrons. The van der Waals surface area contributed by atoms with E-state index in [1.54, 1.807) is 13.2 Å². The van der Waals surface area contributed by atoms with E-state index in [1.807, 2.05) is 0 Å². The fraction of sp³-hybridized carbons (Fsp3) is 0.500. The van der Waals surface area contributed by atoms with E-state index in [2.05, 4.69) is 0 Å². The third-order valence-electron chi connectivity index (χ3n) is 2.56.